The zero-order valence-corrected chi connectivity index (χ0v) is 11.5. The third-order valence-corrected chi connectivity index (χ3v) is 4.43. The Hall–Kier alpha value is -1.60. The molecule has 0 bridgehead atoms. The van der Waals surface area contributed by atoms with E-state index in [1.807, 2.05) is 18.2 Å². The number of benzene rings is 1. The minimum atomic E-state index is -0.270. The number of fused-ring (bicyclic) bond motifs is 1. The summed E-state index contributed by atoms with van der Waals surface area (Å²) in [6.45, 7) is 0. The molecule has 19 heavy (non-hydrogen) atoms. The van der Waals surface area contributed by atoms with Crippen molar-refractivity contribution in [1.82, 2.24) is 4.90 Å². The van der Waals surface area contributed by atoms with Gasteiger partial charge in [0.05, 0.1) is 18.4 Å². The number of rotatable bonds is 2. The van der Waals surface area contributed by atoms with Gasteiger partial charge in [-0.05, 0) is 5.56 Å². The molecule has 0 radical (unpaired) electrons. The third kappa shape index (κ3) is 2.57. The van der Waals surface area contributed by atoms with Gasteiger partial charge in [-0.2, -0.15) is 9.39 Å². The molecule has 0 fully saturated rings. The number of nitrogens with one attached hydrogen (secondary N) is 1. The summed E-state index contributed by atoms with van der Waals surface area (Å²) >= 11 is 2.71. The second-order valence-corrected chi connectivity index (χ2v) is 5.66. The molecule has 1 N–H and O–H groups in total. The molecular formula is C12H10N4OS2. The maximum atomic E-state index is 11.3. The molecule has 0 aromatic heterocycles. The van der Waals surface area contributed by atoms with Gasteiger partial charge in [0.2, 0.25) is 5.17 Å². The fraction of sp³-hybridized carbons (Fsp3) is 0.167. The van der Waals surface area contributed by atoms with E-state index in [0.29, 0.717) is 5.17 Å². The van der Waals surface area contributed by atoms with Crippen molar-refractivity contribution in [2.45, 2.75) is 12.2 Å². The number of hydrogen-bond acceptors (Lipinski definition) is 5. The molecule has 96 valence electrons. The summed E-state index contributed by atoms with van der Waals surface area (Å²) in [6.07, 6.45) is 0.0506. The van der Waals surface area contributed by atoms with Crippen molar-refractivity contribution in [2.75, 3.05) is 0 Å². The quantitative estimate of drug-likeness (QED) is 0.850. The molecule has 0 saturated carbocycles. The third-order valence-electron chi connectivity index (χ3n) is 2.61. The van der Waals surface area contributed by atoms with Gasteiger partial charge in [-0.3, -0.25) is 15.1 Å². The van der Waals surface area contributed by atoms with Crippen LogP contribution < -0.4 is 0 Å². The lowest BCUT2D eigenvalue weighted by Crippen LogP contribution is -2.39. The first kappa shape index (κ1) is 12.4. The van der Waals surface area contributed by atoms with E-state index >= 15 is 0 Å². The minimum absolute atomic E-state index is 0.0506. The molecule has 2 aliphatic rings. The highest BCUT2D eigenvalue weighted by molar-refractivity contribution is 8.18. The van der Waals surface area contributed by atoms with Crippen LogP contribution in [0, 0.1) is 5.41 Å². The summed E-state index contributed by atoms with van der Waals surface area (Å²) in [5.41, 5.74) is 1.20. The van der Waals surface area contributed by atoms with Crippen LogP contribution in [0.1, 0.15) is 12.0 Å². The first-order chi connectivity index (χ1) is 9.24. The Kier molecular flexibility index (Phi) is 3.39. The second kappa shape index (κ2) is 5.18. The van der Waals surface area contributed by atoms with E-state index in [1.165, 1.54) is 5.56 Å². The molecule has 1 aromatic carbocycles. The lowest BCUT2D eigenvalue weighted by atomic mass is 10.2. The SMILES string of the molecule is N=C1CC(=O)N=C2SN=C(SCc3ccccc3)N12. The first-order valence-corrected chi connectivity index (χ1v) is 7.41. The number of nitrogens with zero attached hydrogens (tertiary/aromatic N) is 3. The summed E-state index contributed by atoms with van der Waals surface area (Å²) in [5.74, 6) is 0.762. The van der Waals surface area contributed by atoms with E-state index in [9.17, 15) is 4.79 Å². The zero-order chi connectivity index (χ0) is 13.2. The van der Waals surface area contributed by atoms with Gasteiger partial charge < -0.3 is 0 Å². The van der Waals surface area contributed by atoms with Crippen molar-refractivity contribution in [2.24, 2.45) is 9.39 Å². The van der Waals surface area contributed by atoms with Gasteiger partial charge in [-0.25, -0.2) is 0 Å². The zero-order valence-electron chi connectivity index (χ0n) is 9.87. The predicted octanol–water partition coefficient (Wildman–Crippen LogP) is 2.50. The van der Waals surface area contributed by atoms with E-state index in [2.05, 4.69) is 21.5 Å². The Morgan fingerprint density at radius 3 is 2.95 bits per heavy atom. The van der Waals surface area contributed by atoms with E-state index in [4.69, 9.17) is 5.41 Å². The standard InChI is InChI=1S/C12H10N4OS2/c13-9-6-10(17)14-11-16(9)12(15-19-11)18-7-8-4-2-1-3-5-8/h1-5,13H,6-7H2. The van der Waals surface area contributed by atoms with Crippen LogP contribution in [0.15, 0.2) is 39.7 Å². The highest BCUT2D eigenvalue weighted by Gasteiger charge is 2.34. The Labute approximate surface area is 118 Å². The smallest absolute Gasteiger partial charge is 0.255 e. The van der Waals surface area contributed by atoms with Crippen LogP contribution >= 0.6 is 23.7 Å². The monoisotopic (exact) mass is 290 g/mol. The fourth-order valence-electron chi connectivity index (χ4n) is 1.73. The molecule has 2 heterocycles. The molecule has 5 nitrogen and oxygen atoms in total. The molecule has 3 rings (SSSR count). The van der Waals surface area contributed by atoms with Crippen LogP contribution in [0.4, 0.5) is 0 Å². The van der Waals surface area contributed by atoms with Gasteiger partial charge in [0, 0.05) is 5.75 Å². The van der Waals surface area contributed by atoms with Crippen molar-refractivity contribution in [3.63, 3.8) is 0 Å². The van der Waals surface area contributed by atoms with Crippen LogP contribution in [-0.2, 0) is 10.5 Å². The van der Waals surface area contributed by atoms with Crippen molar-refractivity contribution < 1.29 is 4.79 Å². The van der Waals surface area contributed by atoms with Crippen LogP contribution in [0.5, 0.6) is 0 Å². The molecule has 0 unspecified atom stereocenters. The molecular weight excluding hydrogens is 280 g/mol. The van der Waals surface area contributed by atoms with E-state index in [-0.39, 0.29) is 18.2 Å². The van der Waals surface area contributed by atoms with E-state index in [1.54, 1.807) is 16.7 Å². The lowest BCUT2D eigenvalue weighted by molar-refractivity contribution is -0.116. The molecule has 2 aliphatic heterocycles. The molecule has 7 heteroatoms. The second-order valence-electron chi connectivity index (χ2n) is 3.99. The number of aliphatic imine (C=N–C) groups is 1. The highest BCUT2D eigenvalue weighted by Crippen LogP contribution is 2.30. The van der Waals surface area contributed by atoms with Gasteiger partial charge in [0.1, 0.15) is 5.84 Å². The first-order valence-electron chi connectivity index (χ1n) is 5.65. The normalized spacial score (nSPS) is 18.2. The molecule has 0 atom stereocenters. The average molecular weight is 290 g/mol. The van der Waals surface area contributed by atoms with Crippen molar-refractivity contribution in [3.8, 4) is 0 Å². The van der Waals surface area contributed by atoms with Crippen molar-refractivity contribution >= 4 is 45.8 Å². The Balaban J connectivity index is 1.72. The largest absolute Gasteiger partial charge is 0.287 e. The van der Waals surface area contributed by atoms with Gasteiger partial charge in [0.15, 0.2) is 5.17 Å². The lowest BCUT2D eigenvalue weighted by Gasteiger charge is -2.22. The summed E-state index contributed by atoms with van der Waals surface area (Å²) in [5, 5.41) is 9.10. The number of amides is 1. The predicted molar refractivity (Wildman–Crippen MR) is 79.4 cm³/mol. The van der Waals surface area contributed by atoms with Crippen LogP contribution in [0.2, 0.25) is 0 Å². The summed E-state index contributed by atoms with van der Waals surface area (Å²) < 4.78 is 4.28. The van der Waals surface area contributed by atoms with Gasteiger partial charge >= 0.3 is 0 Å². The Morgan fingerprint density at radius 1 is 1.37 bits per heavy atom. The van der Waals surface area contributed by atoms with Gasteiger partial charge in [0.25, 0.3) is 5.91 Å². The molecule has 1 amide bonds. The average Bonchev–Trinajstić information content (AvgIpc) is 2.81. The van der Waals surface area contributed by atoms with E-state index in [0.717, 1.165) is 22.9 Å². The highest BCUT2D eigenvalue weighted by atomic mass is 32.2. The number of carbonyl (C=O) groups is 1. The molecule has 1 aromatic rings. The molecule has 0 spiro atoms. The van der Waals surface area contributed by atoms with Crippen LogP contribution in [0.25, 0.3) is 0 Å². The Morgan fingerprint density at radius 2 is 2.16 bits per heavy atom. The summed E-state index contributed by atoms with van der Waals surface area (Å²) in [4.78, 5) is 16.8. The topological polar surface area (TPSA) is 68.9 Å². The number of carbonyl (C=O) groups excluding carboxylic acids is 1. The Bertz CT molecular complexity index is 597. The maximum absolute atomic E-state index is 11.3. The number of amidine groups is 3. The van der Waals surface area contributed by atoms with Gasteiger partial charge in [-0.15, -0.1) is 0 Å². The van der Waals surface area contributed by atoms with Gasteiger partial charge in [-0.1, -0.05) is 42.1 Å². The number of hydrogen-bond donors (Lipinski definition) is 1. The van der Waals surface area contributed by atoms with E-state index < -0.39 is 0 Å². The van der Waals surface area contributed by atoms with Crippen LogP contribution in [0.3, 0.4) is 0 Å². The molecule has 0 aliphatic carbocycles. The van der Waals surface area contributed by atoms with Crippen molar-refractivity contribution in [1.29, 1.82) is 5.41 Å². The fourth-order valence-corrected chi connectivity index (χ4v) is 3.58. The van der Waals surface area contributed by atoms with Crippen molar-refractivity contribution in [3.05, 3.63) is 35.9 Å². The molecule has 0 saturated heterocycles. The minimum Gasteiger partial charge on any atom is -0.287 e. The van der Waals surface area contributed by atoms with Crippen LogP contribution in [-0.4, -0.2) is 27.0 Å². The summed E-state index contributed by atoms with van der Waals surface area (Å²) in [6, 6.07) is 10.1. The summed E-state index contributed by atoms with van der Waals surface area (Å²) in [7, 11) is 0. The number of thioether (sulfide) groups is 1. The maximum Gasteiger partial charge on any atom is 0.255 e.